The smallest absolute Gasteiger partial charge is 0.257 e. The first kappa shape index (κ1) is 12.4. The molecule has 0 spiro atoms. The molecule has 0 radical (unpaired) electrons. The summed E-state index contributed by atoms with van der Waals surface area (Å²) in [6.07, 6.45) is 5.09. The molecule has 1 fully saturated rings. The van der Waals surface area contributed by atoms with Gasteiger partial charge in [0.1, 0.15) is 0 Å². The minimum absolute atomic E-state index is 0.0809. The molecule has 19 heavy (non-hydrogen) atoms. The second kappa shape index (κ2) is 4.79. The summed E-state index contributed by atoms with van der Waals surface area (Å²) in [4.78, 5) is 25.3. The second-order valence-electron chi connectivity index (χ2n) is 5.41. The zero-order chi connectivity index (χ0) is 13.4. The number of amides is 1. The lowest BCUT2D eigenvalue weighted by atomic mass is 10.2. The molecular weight excluding hydrogens is 240 g/mol. The molecular formula is C14H20N4O. The molecule has 0 aromatic carbocycles. The van der Waals surface area contributed by atoms with Gasteiger partial charge < -0.3 is 9.80 Å². The lowest BCUT2D eigenvalue weighted by Crippen LogP contribution is -2.32. The normalized spacial score (nSPS) is 20.0. The Morgan fingerprint density at radius 2 is 2.11 bits per heavy atom. The van der Waals surface area contributed by atoms with Crippen molar-refractivity contribution >= 4 is 11.9 Å². The molecule has 0 saturated carbocycles. The lowest BCUT2D eigenvalue weighted by Gasteiger charge is -2.22. The van der Waals surface area contributed by atoms with Gasteiger partial charge in [-0.1, -0.05) is 6.92 Å². The van der Waals surface area contributed by atoms with Crippen molar-refractivity contribution in [3.8, 4) is 0 Å². The molecule has 0 bridgehead atoms. The van der Waals surface area contributed by atoms with Gasteiger partial charge in [0.25, 0.3) is 5.91 Å². The molecule has 5 nitrogen and oxygen atoms in total. The Bertz CT molecular complexity index is 496. The Morgan fingerprint density at radius 1 is 1.37 bits per heavy atom. The van der Waals surface area contributed by atoms with Gasteiger partial charge in [-0.2, -0.15) is 0 Å². The minimum atomic E-state index is 0.0809. The molecule has 3 rings (SSSR count). The summed E-state index contributed by atoms with van der Waals surface area (Å²) in [5, 5.41) is 0. The molecule has 1 aromatic rings. The van der Waals surface area contributed by atoms with Gasteiger partial charge in [-0.05, 0) is 26.2 Å². The highest BCUT2D eigenvalue weighted by atomic mass is 16.2. The number of rotatable bonds is 3. The first-order chi connectivity index (χ1) is 9.20. The molecule has 0 unspecified atom stereocenters. The van der Waals surface area contributed by atoms with E-state index in [0.717, 1.165) is 31.2 Å². The van der Waals surface area contributed by atoms with Crippen molar-refractivity contribution in [2.24, 2.45) is 0 Å². The number of nitrogens with zero attached hydrogens (tertiary/aromatic N) is 4. The minimum Gasteiger partial charge on any atom is -0.341 e. The number of carbonyl (C=O) groups is 1. The summed E-state index contributed by atoms with van der Waals surface area (Å²) in [5.41, 5.74) is 1.57. The van der Waals surface area contributed by atoms with Gasteiger partial charge >= 0.3 is 0 Å². The predicted molar refractivity (Wildman–Crippen MR) is 73.1 cm³/mol. The largest absolute Gasteiger partial charge is 0.341 e. The molecule has 0 N–H and O–H groups in total. The van der Waals surface area contributed by atoms with E-state index in [2.05, 4.69) is 28.7 Å². The number of anilines is 1. The van der Waals surface area contributed by atoms with E-state index in [1.54, 1.807) is 6.20 Å². The van der Waals surface area contributed by atoms with E-state index in [1.165, 1.54) is 12.8 Å². The van der Waals surface area contributed by atoms with Crippen LogP contribution in [0, 0.1) is 0 Å². The van der Waals surface area contributed by atoms with E-state index in [4.69, 9.17) is 0 Å². The number of fused-ring (bicyclic) bond motifs is 1. The summed E-state index contributed by atoms with van der Waals surface area (Å²) in [7, 11) is 0. The van der Waals surface area contributed by atoms with Crippen LogP contribution in [0.25, 0.3) is 0 Å². The topological polar surface area (TPSA) is 49.3 Å². The van der Waals surface area contributed by atoms with E-state index in [0.29, 0.717) is 12.1 Å². The molecule has 1 atom stereocenters. The Labute approximate surface area is 113 Å². The Balaban J connectivity index is 1.86. The van der Waals surface area contributed by atoms with Crippen LogP contribution >= 0.6 is 0 Å². The van der Waals surface area contributed by atoms with Crippen LogP contribution in [0.4, 0.5) is 5.95 Å². The summed E-state index contributed by atoms with van der Waals surface area (Å²) in [6.45, 7) is 6.87. The van der Waals surface area contributed by atoms with E-state index >= 15 is 0 Å². The standard InChI is InChI=1S/C14H20N4O/c1-3-10(2)18-9-12-11(13(18)19)8-15-14(16-12)17-6-4-5-7-17/h8,10H,3-7,9H2,1-2H3/t10-/m1/s1. The van der Waals surface area contributed by atoms with Crippen molar-refractivity contribution in [3.63, 3.8) is 0 Å². The van der Waals surface area contributed by atoms with E-state index < -0.39 is 0 Å². The number of hydrogen-bond acceptors (Lipinski definition) is 4. The van der Waals surface area contributed by atoms with Crippen molar-refractivity contribution in [1.29, 1.82) is 0 Å². The predicted octanol–water partition coefficient (Wildman–Crippen LogP) is 1.83. The fourth-order valence-electron chi connectivity index (χ4n) is 2.74. The lowest BCUT2D eigenvalue weighted by molar-refractivity contribution is 0.0712. The maximum absolute atomic E-state index is 12.3. The van der Waals surface area contributed by atoms with Crippen LogP contribution in [0.1, 0.15) is 49.2 Å². The second-order valence-corrected chi connectivity index (χ2v) is 5.41. The van der Waals surface area contributed by atoms with E-state index in [9.17, 15) is 4.79 Å². The van der Waals surface area contributed by atoms with E-state index in [-0.39, 0.29) is 11.9 Å². The van der Waals surface area contributed by atoms with Crippen LogP contribution < -0.4 is 4.90 Å². The van der Waals surface area contributed by atoms with Gasteiger partial charge in [-0.25, -0.2) is 9.97 Å². The van der Waals surface area contributed by atoms with Crippen LogP contribution in [0.5, 0.6) is 0 Å². The molecule has 2 aliphatic heterocycles. The Kier molecular flexibility index (Phi) is 3.12. The van der Waals surface area contributed by atoms with Gasteiger partial charge in [-0.15, -0.1) is 0 Å². The maximum Gasteiger partial charge on any atom is 0.257 e. The molecule has 2 aliphatic rings. The van der Waals surface area contributed by atoms with Gasteiger partial charge in [-0.3, -0.25) is 4.79 Å². The monoisotopic (exact) mass is 260 g/mol. The average Bonchev–Trinajstić information content (AvgIpc) is 3.06. The van der Waals surface area contributed by atoms with Gasteiger partial charge in [0.2, 0.25) is 5.95 Å². The maximum atomic E-state index is 12.3. The number of hydrogen-bond donors (Lipinski definition) is 0. The average molecular weight is 260 g/mol. The number of carbonyl (C=O) groups excluding carboxylic acids is 1. The van der Waals surface area contributed by atoms with Crippen molar-refractivity contribution in [2.75, 3.05) is 18.0 Å². The third kappa shape index (κ3) is 2.07. The zero-order valence-electron chi connectivity index (χ0n) is 11.6. The first-order valence-electron chi connectivity index (χ1n) is 7.12. The Morgan fingerprint density at radius 3 is 2.79 bits per heavy atom. The van der Waals surface area contributed by atoms with Crippen LogP contribution in [-0.4, -0.2) is 39.9 Å². The highest BCUT2D eigenvalue weighted by Crippen LogP contribution is 2.26. The summed E-state index contributed by atoms with van der Waals surface area (Å²) in [5.74, 6) is 0.868. The molecule has 1 saturated heterocycles. The van der Waals surface area contributed by atoms with Crippen molar-refractivity contribution in [2.45, 2.75) is 45.7 Å². The summed E-state index contributed by atoms with van der Waals surface area (Å²) < 4.78 is 0. The number of aromatic nitrogens is 2. The first-order valence-corrected chi connectivity index (χ1v) is 7.12. The summed E-state index contributed by atoms with van der Waals surface area (Å²) >= 11 is 0. The van der Waals surface area contributed by atoms with Gasteiger partial charge in [0, 0.05) is 25.3 Å². The SMILES string of the molecule is CC[C@@H](C)N1Cc2nc(N3CCCC3)ncc2C1=O. The molecule has 3 heterocycles. The summed E-state index contributed by atoms with van der Waals surface area (Å²) in [6, 6.07) is 0.261. The molecule has 0 aliphatic carbocycles. The van der Waals surface area contributed by atoms with Crippen molar-refractivity contribution in [1.82, 2.24) is 14.9 Å². The van der Waals surface area contributed by atoms with E-state index in [1.807, 2.05) is 4.90 Å². The van der Waals surface area contributed by atoms with Crippen molar-refractivity contribution < 1.29 is 4.79 Å². The highest BCUT2D eigenvalue weighted by Gasteiger charge is 2.32. The van der Waals surface area contributed by atoms with Crippen LogP contribution in [0.3, 0.4) is 0 Å². The quantitative estimate of drug-likeness (QED) is 0.832. The third-order valence-electron chi connectivity index (χ3n) is 4.18. The fourth-order valence-corrected chi connectivity index (χ4v) is 2.74. The highest BCUT2D eigenvalue weighted by molar-refractivity contribution is 5.97. The zero-order valence-corrected chi connectivity index (χ0v) is 11.6. The van der Waals surface area contributed by atoms with Crippen LogP contribution in [0.2, 0.25) is 0 Å². The molecule has 1 aromatic heterocycles. The van der Waals surface area contributed by atoms with Crippen LogP contribution in [0.15, 0.2) is 6.20 Å². The van der Waals surface area contributed by atoms with Gasteiger partial charge in [0.05, 0.1) is 17.8 Å². The van der Waals surface area contributed by atoms with Crippen LogP contribution in [-0.2, 0) is 6.54 Å². The van der Waals surface area contributed by atoms with Crippen molar-refractivity contribution in [3.05, 3.63) is 17.5 Å². The molecule has 102 valence electrons. The Hall–Kier alpha value is -1.65. The third-order valence-corrected chi connectivity index (χ3v) is 4.18. The van der Waals surface area contributed by atoms with Gasteiger partial charge in [0.15, 0.2) is 0 Å². The fraction of sp³-hybridized carbons (Fsp3) is 0.643. The molecule has 5 heteroatoms. The molecule has 1 amide bonds.